The largest absolute Gasteiger partial charge is 0.103 e. The zero-order valence-electron chi connectivity index (χ0n) is 9.10. The first-order valence-electron chi connectivity index (χ1n) is 5.67. The quantitative estimate of drug-likeness (QED) is 0.351. The maximum atomic E-state index is 3.71. The van der Waals surface area contributed by atoms with E-state index in [2.05, 4.69) is 25.7 Å². The number of unbranched alkanes of at least 4 members (excludes halogenated alkanes) is 6. The van der Waals surface area contributed by atoms with Crippen molar-refractivity contribution >= 4 is 0 Å². The van der Waals surface area contributed by atoms with Gasteiger partial charge in [0.05, 0.1) is 0 Å². The van der Waals surface area contributed by atoms with Crippen LogP contribution in [0.3, 0.4) is 0 Å². The van der Waals surface area contributed by atoms with Crippen LogP contribution < -0.4 is 0 Å². The van der Waals surface area contributed by atoms with E-state index >= 15 is 0 Å². The van der Waals surface area contributed by atoms with E-state index in [-0.39, 0.29) is 0 Å². The van der Waals surface area contributed by atoms with Gasteiger partial charge in [0, 0.05) is 0 Å². The Hall–Kier alpha value is -0.520. The molecule has 0 heterocycles. The summed E-state index contributed by atoms with van der Waals surface area (Å²) in [5, 5.41) is 0. The third-order valence-corrected chi connectivity index (χ3v) is 2.17. The molecule has 0 heteroatoms. The minimum absolute atomic E-state index is 1.18. The molecule has 0 atom stereocenters. The summed E-state index contributed by atoms with van der Waals surface area (Å²) >= 11 is 0. The summed E-state index contributed by atoms with van der Waals surface area (Å²) in [5.41, 5.74) is 0. The van der Waals surface area contributed by atoms with Crippen LogP contribution in [0.15, 0.2) is 24.8 Å². The van der Waals surface area contributed by atoms with Crippen LogP contribution >= 0.6 is 0 Å². The van der Waals surface area contributed by atoms with Gasteiger partial charge in [0.25, 0.3) is 0 Å². The molecule has 0 aromatic heterocycles. The highest BCUT2D eigenvalue weighted by Gasteiger charge is 1.84. The third-order valence-electron chi connectivity index (χ3n) is 2.17. The Morgan fingerprint density at radius 3 is 2.08 bits per heavy atom. The first-order valence-corrected chi connectivity index (χ1v) is 5.67. The second-order valence-electron chi connectivity index (χ2n) is 3.54. The highest BCUT2D eigenvalue weighted by molar-refractivity contribution is 4.81. The molecule has 0 saturated carbocycles. The number of rotatable bonds is 9. The fraction of sp³-hybridized carbons (Fsp3) is 0.692. The number of allylic oxidation sites excluding steroid dienone is 3. The molecule has 0 aliphatic heterocycles. The lowest BCUT2D eigenvalue weighted by molar-refractivity contribution is 0.695. The minimum atomic E-state index is 1.18. The SMILES string of the molecule is C=CCCCCCC=CCCCC. The zero-order valence-corrected chi connectivity index (χ0v) is 9.10. The van der Waals surface area contributed by atoms with E-state index in [0.717, 1.165) is 0 Å². The minimum Gasteiger partial charge on any atom is -0.103 e. The lowest BCUT2D eigenvalue weighted by atomic mass is 10.1. The topological polar surface area (TPSA) is 0 Å². The van der Waals surface area contributed by atoms with Crippen LogP contribution in [0.5, 0.6) is 0 Å². The molecule has 0 aromatic rings. The monoisotopic (exact) mass is 180 g/mol. The van der Waals surface area contributed by atoms with Gasteiger partial charge in [0.2, 0.25) is 0 Å². The van der Waals surface area contributed by atoms with Crippen LogP contribution in [0.1, 0.15) is 58.3 Å². The lowest BCUT2D eigenvalue weighted by Gasteiger charge is -1.94. The molecule has 13 heavy (non-hydrogen) atoms. The van der Waals surface area contributed by atoms with Gasteiger partial charge >= 0.3 is 0 Å². The van der Waals surface area contributed by atoms with Gasteiger partial charge in [-0.15, -0.1) is 6.58 Å². The van der Waals surface area contributed by atoms with Crippen molar-refractivity contribution in [3.8, 4) is 0 Å². The molecule has 0 N–H and O–H groups in total. The summed E-state index contributed by atoms with van der Waals surface area (Å²) in [6.07, 6.45) is 17.0. The molecule has 0 bridgehead atoms. The number of hydrogen-bond acceptors (Lipinski definition) is 0. The molecule has 0 rings (SSSR count). The maximum absolute atomic E-state index is 3.71. The summed E-state index contributed by atoms with van der Waals surface area (Å²) in [6.45, 7) is 5.95. The smallest absolute Gasteiger partial charge is 0.0351 e. The predicted octanol–water partition coefficient (Wildman–Crippen LogP) is 4.87. The second kappa shape index (κ2) is 11.5. The molecule has 0 aromatic carbocycles. The maximum Gasteiger partial charge on any atom is -0.0351 e. The molecule has 76 valence electrons. The highest BCUT2D eigenvalue weighted by Crippen LogP contribution is 2.04. The molecule has 0 aliphatic rings. The van der Waals surface area contributed by atoms with E-state index in [1.807, 2.05) is 6.08 Å². The first kappa shape index (κ1) is 12.5. The summed E-state index contributed by atoms with van der Waals surface area (Å²) in [4.78, 5) is 0. The molecule has 0 aliphatic carbocycles. The molecule has 0 nitrogen and oxygen atoms in total. The van der Waals surface area contributed by atoms with Crippen molar-refractivity contribution in [1.82, 2.24) is 0 Å². The van der Waals surface area contributed by atoms with Crippen LogP contribution in [0.25, 0.3) is 0 Å². The summed E-state index contributed by atoms with van der Waals surface area (Å²) in [5.74, 6) is 0. The van der Waals surface area contributed by atoms with E-state index in [4.69, 9.17) is 0 Å². The van der Waals surface area contributed by atoms with Crippen LogP contribution in [-0.2, 0) is 0 Å². The molecule has 0 spiro atoms. The summed E-state index contributed by atoms with van der Waals surface area (Å²) in [7, 11) is 0. The van der Waals surface area contributed by atoms with Crippen molar-refractivity contribution in [3.63, 3.8) is 0 Å². The Kier molecular flexibility index (Phi) is 11.0. The van der Waals surface area contributed by atoms with E-state index in [1.54, 1.807) is 0 Å². The van der Waals surface area contributed by atoms with Gasteiger partial charge in [0.15, 0.2) is 0 Å². The molecule has 0 amide bonds. The summed E-state index contributed by atoms with van der Waals surface area (Å²) in [6, 6.07) is 0. The Balaban J connectivity index is 2.97. The van der Waals surface area contributed by atoms with Gasteiger partial charge in [-0.25, -0.2) is 0 Å². The van der Waals surface area contributed by atoms with Crippen molar-refractivity contribution in [2.45, 2.75) is 58.3 Å². The van der Waals surface area contributed by atoms with Crippen molar-refractivity contribution < 1.29 is 0 Å². The average molecular weight is 180 g/mol. The Labute approximate surface area is 83.7 Å². The lowest BCUT2D eigenvalue weighted by Crippen LogP contribution is -1.74. The zero-order chi connectivity index (χ0) is 9.78. The van der Waals surface area contributed by atoms with Gasteiger partial charge in [-0.05, 0) is 32.1 Å². The fourth-order valence-electron chi connectivity index (χ4n) is 1.29. The third kappa shape index (κ3) is 11.5. The highest BCUT2D eigenvalue weighted by atomic mass is 13.9. The fourth-order valence-corrected chi connectivity index (χ4v) is 1.29. The van der Waals surface area contributed by atoms with Gasteiger partial charge in [0.1, 0.15) is 0 Å². The summed E-state index contributed by atoms with van der Waals surface area (Å²) < 4.78 is 0. The van der Waals surface area contributed by atoms with Crippen LogP contribution in [-0.4, -0.2) is 0 Å². The molecule has 0 radical (unpaired) electrons. The first-order chi connectivity index (χ1) is 6.41. The molecular weight excluding hydrogens is 156 g/mol. The second-order valence-corrected chi connectivity index (χ2v) is 3.54. The average Bonchev–Trinajstić information content (AvgIpc) is 2.16. The van der Waals surface area contributed by atoms with Gasteiger partial charge in [-0.1, -0.05) is 44.4 Å². The van der Waals surface area contributed by atoms with Crippen LogP contribution in [0.2, 0.25) is 0 Å². The van der Waals surface area contributed by atoms with Gasteiger partial charge in [-0.3, -0.25) is 0 Å². The van der Waals surface area contributed by atoms with Crippen molar-refractivity contribution in [1.29, 1.82) is 0 Å². The molecule has 0 fully saturated rings. The Bertz CT molecular complexity index is 122. The molecule has 0 unspecified atom stereocenters. The molecule has 0 saturated heterocycles. The van der Waals surface area contributed by atoms with Crippen molar-refractivity contribution in [2.24, 2.45) is 0 Å². The number of hydrogen-bond donors (Lipinski definition) is 0. The van der Waals surface area contributed by atoms with E-state index < -0.39 is 0 Å². The molecular formula is C13H24. The van der Waals surface area contributed by atoms with Gasteiger partial charge in [-0.2, -0.15) is 0 Å². The van der Waals surface area contributed by atoms with E-state index in [1.165, 1.54) is 51.4 Å². The standard InChI is InChI=1S/C13H24/c1-3-5-7-9-11-13-12-10-8-6-4-2/h3,10,12H,1,4-9,11,13H2,2H3. The van der Waals surface area contributed by atoms with E-state index in [9.17, 15) is 0 Å². The van der Waals surface area contributed by atoms with Crippen molar-refractivity contribution in [3.05, 3.63) is 24.8 Å². The van der Waals surface area contributed by atoms with Gasteiger partial charge < -0.3 is 0 Å². The van der Waals surface area contributed by atoms with Crippen LogP contribution in [0.4, 0.5) is 0 Å². The Morgan fingerprint density at radius 1 is 0.846 bits per heavy atom. The van der Waals surface area contributed by atoms with E-state index in [0.29, 0.717) is 0 Å². The van der Waals surface area contributed by atoms with Crippen LogP contribution in [0, 0.1) is 0 Å². The predicted molar refractivity (Wildman–Crippen MR) is 61.9 cm³/mol. The Morgan fingerprint density at radius 2 is 1.46 bits per heavy atom. The van der Waals surface area contributed by atoms with Crippen molar-refractivity contribution in [2.75, 3.05) is 0 Å². The normalized spacial score (nSPS) is 10.8.